The van der Waals surface area contributed by atoms with Gasteiger partial charge in [0.1, 0.15) is 12.3 Å². The van der Waals surface area contributed by atoms with Crippen LogP contribution in [0, 0.1) is 0 Å². The molecule has 4 rings (SSSR count). The number of benzene rings is 1. The van der Waals surface area contributed by atoms with Crippen molar-refractivity contribution in [2.45, 2.75) is 32.4 Å². The lowest BCUT2D eigenvalue weighted by Crippen LogP contribution is -2.48. The Hall–Kier alpha value is -2.67. The van der Waals surface area contributed by atoms with Gasteiger partial charge >= 0.3 is 0 Å². The van der Waals surface area contributed by atoms with Gasteiger partial charge in [0.05, 0.1) is 12.3 Å². The highest BCUT2D eigenvalue weighted by atomic mass is 16.3. The van der Waals surface area contributed by atoms with E-state index in [0.29, 0.717) is 6.54 Å². The van der Waals surface area contributed by atoms with E-state index in [1.807, 2.05) is 16.8 Å². The Labute approximate surface area is 159 Å². The first kappa shape index (κ1) is 17.7. The minimum Gasteiger partial charge on any atom is -0.467 e. The lowest BCUT2D eigenvalue weighted by Gasteiger charge is -2.39. The third kappa shape index (κ3) is 4.03. The summed E-state index contributed by atoms with van der Waals surface area (Å²) in [7, 11) is 0. The van der Waals surface area contributed by atoms with Crippen LogP contribution in [0.1, 0.15) is 37.4 Å². The van der Waals surface area contributed by atoms with E-state index in [1.165, 1.54) is 5.69 Å². The quantitative estimate of drug-likeness (QED) is 0.641. The molecule has 0 saturated carbocycles. The average molecular weight is 366 g/mol. The maximum atomic E-state index is 5.47. The van der Waals surface area contributed by atoms with Crippen LogP contribution < -0.4 is 4.90 Å². The van der Waals surface area contributed by atoms with Crippen LogP contribution in [0.5, 0.6) is 0 Å². The summed E-state index contributed by atoms with van der Waals surface area (Å²) in [5, 5.41) is 12.5. The fourth-order valence-corrected chi connectivity index (χ4v) is 3.79. The summed E-state index contributed by atoms with van der Waals surface area (Å²) in [6, 6.07) is 14.7. The third-order valence-corrected chi connectivity index (χ3v) is 5.18. The van der Waals surface area contributed by atoms with Gasteiger partial charge in [0, 0.05) is 31.9 Å². The molecule has 142 valence electrons. The second-order valence-electron chi connectivity index (χ2n) is 6.94. The molecule has 3 aromatic rings. The van der Waals surface area contributed by atoms with Crippen LogP contribution >= 0.6 is 0 Å². The summed E-state index contributed by atoms with van der Waals surface area (Å²) < 4.78 is 7.35. The Morgan fingerprint density at radius 1 is 1.04 bits per heavy atom. The molecule has 1 aliphatic heterocycles. The van der Waals surface area contributed by atoms with Crippen molar-refractivity contribution in [3.63, 3.8) is 0 Å². The minimum atomic E-state index is 0.234. The maximum Gasteiger partial charge on any atom is 0.168 e. The van der Waals surface area contributed by atoms with Crippen molar-refractivity contribution in [3.05, 3.63) is 60.3 Å². The summed E-state index contributed by atoms with van der Waals surface area (Å²) in [4.78, 5) is 4.97. The van der Waals surface area contributed by atoms with Crippen LogP contribution in [0.2, 0.25) is 0 Å². The standard InChI is InChI=1S/C20H26N6O/c1-2-7-19(20-21-22-23-26(20)16-18-10-6-15-27-18)25-13-11-24(12-14-25)17-8-4-3-5-9-17/h3-6,8-10,15,19H,2,7,11-14,16H2,1H3/t19-/m1/s1. The second kappa shape index (κ2) is 8.35. The van der Waals surface area contributed by atoms with Crippen molar-refractivity contribution in [3.8, 4) is 0 Å². The van der Waals surface area contributed by atoms with Crippen molar-refractivity contribution in [1.29, 1.82) is 0 Å². The molecule has 27 heavy (non-hydrogen) atoms. The molecule has 1 aromatic carbocycles. The molecule has 0 unspecified atom stereocenters. The monoisotopic (exact) mass is 366 g/mol. The van der Waals surface area contributed by atoms with E-state index >= 15 is 0 Å². The van der Waals surface area contributed by atoms with E-state index in [0.717, 1.165) is 50.6 Å². The predicted molar refractivity (Wildman–Crippen MR) is 104 cm³/mol. The van der Waals surface area contributed by atoms with Crippen LogP contribution in [0.3, 0.4) is 0 Å². The van der Waals surface area contributed by atoms with Crippen LogP contribution in [-0.4, -0.2) is 51.3 Å². The summed E-state index contributed by atoms with van der Waals surface area (Å²) in [5.74, 6) is 1.80. The molecule has 2 aromatic heterocycles. The average Bonchev–Trinajstić information content (AvgIpc) is 3.40. The maximum absolute atomic E-state index is 5.47. The molecule has 1 saturated heterocycles. The minimum absolute atomic E-state index is 0.234. The molecule has 7 heteroatoms. The first-order valence-electron chi connectivity index (χ1n) is 9.67. The molecule has 1 atom stereocenters. The van der Waals surface area contributed by atoms with Gasteiger partial charge < -0.3 is 9.32 Å². The normalized spacial score (nSPS) is 16.6. The summed E-state index contributed by atoms with van der Waals surface area (Å²) in [6.45, 7) is 6.84. The smallest absolute Gasteiger partial charge is 0.168 e. The molecule has 1 fully saturated rings. The van der Waals surface area contributed by atoms with Gasteiger partial charge in [-0.1, -0.05) is 31.5 Å². The van der Waals surface area contributed by atoms with Gasteiger partial charge in [-0.15, -0.1) is 5.10 Å². The number of piperazine rings is 1. The molecule has 0 amide bonds. The number of hydrogen-bond acceptors (Lipinski definition) is 6. The highest BCUT2D eigenvalue weighted by Gasteiger charge is 2.28. The topological polar surface area (TPSA) is 63.2 Å². The number of aromatic nitrogens is 4. The number of nitrogens with zero attached hydrogens (tertiary/aromatic N) is 6. The fourth-order valence-electron chi connectivity index (χ4n) is 3.79. The molecular formula is C20H26N6O. The van der Waals surface area contributed by atoms with Crippen molar-refractivity contribution in [1.82, 2.24) is 25.1 Å². The highest BCUT2D eigenvalue weighted by molar-refractivity contribution is 5.46. The molecule has 0 spiro atoms. The van der Waals surface area contributed by atoms with Gasteiger partial charge in [-0.2, -0.15) is 0 Å². The van der Waals surface area contributed by atoms with Crippen LogP contribution in [0.15, 0.2) is 53.1 Å². The Morgan fingerprint density at radius 2 is 1.85 bits per heavy atom. The predicted octanol–water partition coefficient (Wildman–Crippen LogP) is 2.98. The van der Waals surface area contributed by atoms with E-state index in [1.54, 1.807) is 6.26 Å². The number of rotatable bonds is 7. The third-order valence-electron chi connectivity index (χ3n) is 5.18. The molecule has 0 radical (unpaired) electrons. The Balaban J connectivity index is 1.47. The summed E-state index contributed by atoms with van der Waals surface area (Å²) in [5.41, 5.74) is 1.30. The number of para-hydroxylation sites is 1. The molecule has 0 bridgehead atoms. The largest absolute Gasteiger partial charge is 0.467 e. The van der Waals surface area contributed by atoms with Crippen molar-refractivity contribution < 1.29 is 4.42 Å². The SMILES string of the molecule is CCC[C@H](c1nnnn1Cc1ccco1)N1CCN(c2ccccc2)CC1. The molecule has 0 aliphatic carbocycles. The number of anilines is 1. The first-order valence-corrected chi connectivity index (χ1v) is 9.67. The Kier molecular flexibility index (Phi) is 5.48. The lowest BCUT2D eigenvalue weighted by molar-refractivity contribution is 0.164. The van der Waals surface area contributed by atoms with Gasteiger partial charge in [0.15, 0.2) is 5.82 Å². The van der Waals surface area contributed by atoms with Gasteiger partial charge in [-0.25, -0.2) is 4.68 Å². The van der Waals surface area contributed by atoms with Gasteiger partial charge in [0.25, 0.3) is 0 Å². The molecular weight excluding hydrogens is 340 g/mol. The van der Waals surface area contributed by atoms with E-state index in [4.69, 9.17) is 4.42 Å². The highest BCUT2D eigenvalue weighted by Crippen LogP contribution is 2.26. The van der Waals surface area contributed by atoms with Crippen molar-refractivity contribution in [2.75, 3.05) is 31.1 Å². The summed E-state index contributed by atoms with van der Waals surface area (Å²) >= 11 is 0. The number of furan rings is 1. The Morgan fingerprint density at radius 3 is 2.56 bits per heavy atom. The van der Waals surface area contributed by atoms with Crippen LogP contribution in [0.4, 0.5) is 5.69 Å². The second-order valence-corrected chi connectivity index (χ2v) is 6.94. The van der Waals surface area contributed by atoms with Crippen LogP contribution in [0.25, 0.3) is 0 Å². The molecule has 3 heterocycles. The van der Waals surface area contributed by atoms with E-state index < -0.39 is 0 Å². The van der Waals surface area contributed by atoms with Gasteiger partial charge in [0.2, 0.25) is 0 Å². The molecule has 7 nitrogen and oxygen atoms in total. The zero-order chi connectivity index (χ0) is 18.5. The number of tetrazole rings is 1. The molecule has 1 aliphatic rings. The Bertz CT molecular complexity index is 808. The van der Waals surface area contributed by atoms with Crippen molar-refractivity contribution in [2.24, 2.45) is 0 Å². The lowest BCUT2D eigenvalue weighted by atomic mass is 10.1. The zero-order valence-corrected chi connectivity index (χ0v) is 15.7. The van der Waals surface area contributed by atoms with Gasteiger partial charge in [-0.3, -0.25) is 4.90 Å². The van der Waals surface area contributed by atoms with Gasteiger partial charge in [-0.05, 0) is 41.1 Å². The van der Waals surface area contributed by atoms with E-state index in [2.05, 4.69) is 62.6 Å². The number of hydrogen-bond donors (Lipinski definition) is 0. The van der Waals surface area contributed by atoms with Crippen molar-refractivity contribution >= 4 is 5.69 Å². The fraction of sp³-hybridized carbons (Fsp3) is 0.450. The first-order chi connectivity index (χ1) is 13.3. The zero-order valence-electron chi connectivity index (χ0n) is 15.7. The summed E-state index contributed by atoms with van der Waals surface area (Å²) in [6.07, 6.45) is 3.83. The molecule has 0 N–H and O–H groups in total. The van der Waals surface area contributed by atoms with Crippen LogP contribution in [-0.2, 0) is 6.54 Å². The van der Waals surface area contributed by atoms with E-state index in [-0.39, 0.29) is 6.04 Å². The van der Waals surface area contributed by atoms with E-state index in [9.17, 15) is 0 Å².